The number of thioether (sulfide) groups is 1. The number of nitrogens with zero attached hydrogens (tertiary/aromatic N) is 1. The van der Waals surface area contributed by atoms with E-state index >= 15 is 0 Å². The second kappa shape index (κ2) is 15.7. The van der Waals surface area contributed by atoms with E-state index < -0.39 is 19.4 Å². The van der Waals surface area contributed by atoms with Crippen molar-refractivity contribution < 1.29 is 36.1 Å². The van der Waals surface area contributed by atoms with Gasteiger partial charge in [-0.25, -0.2) is 0 Å². The molecule has 0 saturated carbocycles. The minimum Gasteiger partial charge on any atom is -0.337 e. The molecule has 11 nitrogen and oxygen atoms in total. The van der Waals surface area contributed by atoms with E-state index in [4.69, 9.17) is 9.35 Å². The molecule has 4 N–H and O–H groups in total. The Hall–Kier alpha value is -4.45. The van der Waals surface area contributed by atoms with Gasteiger partial charge in [-0.3, -0.25) is 19.7 Å². The van der Waals surface area contributed by atoms with Crippen LogP contribution in [0.2, 0.25) is 0 Å². The van der Waals surface area contributed by atoms with E-state index in [1.54, 1.807) is 24.1 Å². The van der Waals surface area contributed by atoms with Crippen molar-refractivity contribution in [2.75, 3.05) is 12.4 Å². The van der Waals surface area contributed by atoms with Crippen molar-refractivity contribution in [1.82, 2.24) is 10.2 Å². The first-order chi connectivity index (χ1) is 22.0. The Kier molecular flexibility index (Phi) is 11.8. The number of benzene rings is 4. The largest absolute Gasteiger partial charge is 0.337 e. The number of nitrogens with one attached hydrogen (secondary N) is 2. The summed E-state index contributed by atoms with van der Waals surface area (Å²) >= 11 is -3.74. The summed E-state index contributed by atoms with van der Waals surface area (Å²) in [7, 11) is 1.77. The molecule has 0 radical (unpaired) electrons. The van der Waals surface area contributed by atoms with Crippen LogP contribution in [-0.2, 0) is 30.2 Å². The quantitative estimate of drug-likeness (QED) is 0.114. The van der Waals surface area contributed by atoms with E-state index in [9.17, 15) is 22.9 Å². The molecule has 4 amide bonds. The van der Waals surface area contributed by atoms with E-state index in [1.165, 1.54) is 31.2 Å². The minimum absolute atomic E-state index is 0.00438. The first-order valence-electron chi connectivity index (χ1n) is 14.0. The number of rotatable bonds is 9. The molecule has 1 aliphatic heterocycles. The molecular formula is C33H32AsN3O8S. The van der Waals surface area contributed by atoms with Gasteiger partial charge >= 0.3 is 88.4 Å². The van der Waals surface area contributed by atoms with Gasteiger partial charge in [0.1, 0.15) is 0 Å². The van der Waals surface area contributed by atoms with Crippen LogP contribution >= 0.6 is 11.8 Å². The zero-order chi connectivity index (χ0) is 33.3. The van der Waals surface area contributed by atoms with Crippen LogP contribution in [0, 0.1) is 0 Å². The molecule has 0 aromatic heterocycles. The molecule has 46 heavy (non-hydrogen) atoms. The summed E-state index contributed by atoms with van der Waals surface area (Å²) in [4.78, 5) is 48.9. The summed E-state index contributed by atoms with van der Waals surface area (Å²) in [6.07, 6.45) is 0.431. The van der Waals surface area contributed by atoms with E-state index in [0.717, 1.165) is 34.0 Å². The second-order valence-corrected chi connectivity index (χ2v) is 15.1. The number of amides is 4. The van der Waals surface area contributed by atoms with E-state index in [0.29, 0.717) is 24.2 Å². The molecule has 13 heteroatoms. The van der Waals surface area contributed by atoms with Crippen molar-refractivity contribution in [2.24, 2.45) is 0 Å². The summed E-state index contributed by atoms with van der Waals surface area (Å²) in [5.41, 5.74) is 5.16. The van der Waals surface area contributed by atoms with Crippen LogP contribution in [0.1, 0.15) is 28.4 Å². The van der Waals surface area contributed by atoms with Crippen LogP contribution in [-0.4, -0.2) is 63.7 Å². The van der Waals surface area contributed by atoms with Gasteiger partial charge in [-0.2, -0.15) is 0 Å². The van der Waals surface area contributed by atoms with Crippen LogP contribution in [0.3, 0.4) is 0 Å². The van der Waals surface area contributed by atoms with Crippen molar-refractivity contribution in [2.45, 2.75) is 25.1 Å². The normalized spacial score (nSPS) is 15.2. The summed E-state index contributed by atoms with van der Waals surface area (Å²) in [6, 6.07) is 30.8. The van der Waals surface area contributed by atoms with Crippen molar-refractivity contribution >= 4 is 58.9 Å². The standard InChI is InChI=1S/C25H22N2O3S.C8H10AsNO5/c1-27(24(29)18-10-6-3-7-11-18)16-21-14-19(17-8-4-2-5-9-17)12-13-20(21)15-22-23(28)26-25(30)31-22;1-6(11)10-8-4-2-7(3-5-8)9(12,13)15-14/h2-14,22H,15-16H2,1H3,(H,26,28,30);2-5,14H,1H3,(H,10,11)(H,12,13). The summed E-state index contributed by atoms with van der Waals surface area (Å²) in [6.45, 7) is 1.75. The Morgan fingerprint density at radius 3 is 2.11 bits per heavy atom. The van der Waals surface area contributed by atoms with Crippen LogP contribution in [0.5, 0.6) is 0 Å². The molecule has 2 atom stereocenters. The van der Waals surface area contributed by atoms with Crippen molar-refractivity contribution in [3.63, 3.8) is 0 Å². The number of anilines is 1. The van der Waals surface area contributed by atoms with Gasteiger partial charge in [0.25, 0.3) is 11.1 Å². The number of hydrogen-bond donors (Lipinski definition) is 4. The Bertz CT molecular complexity index is 1750. The maximum Gasteiger partial charge on any atom is 0.286 e. The molecule has 1 fully saturated rings. The van der Waals surface area contributed by atoms with Crippen molar-refractivity contribution in [3.8, 4) is 11.1 Å². The minimum atomic E-state index is -4.76. The molecule has 2 unspecified atom stereocenters. The Morgan fingerprint density at radius 2 is 1.54 bits per heavy atom. The van der Waals surface area contributed by atoms with Gasteiger partial charge in [-0.05, 0) is 46.9 Å². The smallest absolute Gasteiger partial charge is 0.286 e. The molecule has 0 spiro atoms. The van der Waals surface area contributed by atoms with Gasteiger partial charge < -0.3 is 4.90 Å². The molecule has 4 aromatic rings. The maximum absolute atomic E-state index is 12.9. The fourth-order valence-electron chi connectivity index (χ4n) is 4.62. The summed E-state index contributed by atoms with van der Waals surface area (Å²) in [5.74, 6) is -0.569. The second-order valence-electron chi connectivity index (χ2n) is 10.3. The monoisotopic (exact) mass is 705 g/mol. The molecule has 1 saturated heterocycles. The maximum atomic E-state index is 12.9. The van der Waals surface area contributed by atoms with Gasteiger partial charge in [0.15, 0.2) is 0 Å². The van der Waals surface area contributed by atoms with E-state index in [2.05, 4.69) is 20.6 Å². The first kappa shape index (κ1) is 34.4. The van der Waals surface area contributed by atoms with Gasteiger partial charge in [0.05, 0.1) is 5.25 Å². The van der Waals surface area contributed by atoms with E-state index in [-0.39, 0.29) is 27.3 Å². The van der Waals surface area contributed by atoms with Gasteiger partial charge in [0, 0.05) is 19.2 Å². The molecule has 4 aromatic carbocycles. The zero-order valence-corrected chi connectivity index (χ0v) is 27.6. The average molecular weight is 706 g/mol. The topological polar surface area (TPSA) is 162 Å². The predicted molar refractivity (Wildman–Crippen MR) is 175 cm³/mol. The number of carbonyl (C=O) groups excluding carboxylic acids is 4. The molecular weight excluding hydrogens is 673 g/mol. The molecule has 0 bridgehead atoms. The van der Waals surface area contributed by atoms with Crippen LogP contribution in [0.25, 0.3) is 11.1 Å². The first-order valence-corrected chi connectivity index (χ1v) is 18.2. The third kappa shape index (κ3) is 9.29. The number of carbonyl (C=O) groups is 4. The Balaban J connectivity index is 0.000000270. The van der Waals surface area contributed by atoms with Gasteiger partial charge in [-0.1, -0.05) is 72.4 Å². The van der Waals surface area contributed by atoms with Crippen LogP contribution in [0.4, 0.5) is 10.5 Å². The molecule has 5 rings (SSSR count). The fraction of sp³-hybridized carbons (Fsp3) is 0.152. The average Bonchev–Trinajstić information content (AvgIpc) is 3.38. The van der Waals surface area contributed by atoms with Crippen LogP contribution in [0.15, 0.2) is 103 Å². The van der Waals surface area contributed by atoms with Gasteiger partial charge in [-0.15, -0.1) is 0 Å². The summed E-state index contributed by atoms with van der Waals surface area (Å²) in [5, 5.41) is 12.3. The third-order valence-corrected chi connectivity index (χ3v) is 10.3. The molecule has 0 aliphatic carbocycles. The Labute approximate surface area is 272 Å². The molecule has 1 aliphatic rings. The third-order valence-electron chi connectivity index (χ3n) is 6.89. The fourth-order valence-corrected chi connectivity index (χ4v) is 6.77. The van der Waals surface area contributed by atoms with E-state index in [1.807, 2.05) is 60.7 Å². The summed E-state index contributed by atoms with van der Waals surface area (Å²) < 4.78 is 23.8. The zero-order valence-electron chi connectivity index (χ0n) is 25.0. The molecule has 238 valence electrons. The number of hydrogen-bond acceptors (Lipinski definition) is 8. The number of imide groups is 1. The van der Waals surface area contributed by atoms with Gasteiger partial charge in [0.2, 0.25) is 5.91 Å². The molecule has 1 heterocycles. The van der Waals surface area contributed by atoms with Crippen LogP contribution < -0.4 is 15.0 Å². The van der Waals surface area contributed by atoms with Crippen molar-refractivity contribution in [3.05, 3.63) is 120 Å². The predicted octanol–water partition coefficient (Wildman–Crippen LogP) is 4.22. The Morgan fingerprint density at radius 1 is 0.913 bits per heavy atom. The SMILES string of the molecule is CC(=O)Nc1ccc([As](=O)(O)OO)cc1.CN(Cc1cc(-c2ccccc2)ccc1CC1SC(=O)NC1=O)C(=O)c1ccccc1. The van der Waals surface area contributed by atoms with Crippen molar-refractivity contribution in [1.29, 1.82) is 0 Å².